The van der Waals surface area contributed by atoms with Crippen molar-refractivity contribution in [3.8, 4) is 0 Å². The van der Waals surface area contributed by atoms with Crippen LogP contribution in [0, 0.1) is 12.8 Å². The lowest BCUT2D eigenvalue weighted by Crippen LogP contribution is -2.49. The Labute approximate surface area is 164 Å². The van der Waals surface area contributed by atoms with Crippen molar-refractivity contribution in [2.75, 3.05) is 37.6 Å². The summed E-state index contributed by atoms with van der Waals surface area (Å²) in [6, 6.07) is 5.07. The molecule has 3 rings (SSSR count). The highest BCUT2D eigenvalue weighted by molar-refractivity contribution is 5.93. The summed E-state index contributed by atoms with van der Waals surface area (Å²) in [5.41, 5.74) is 1.12. The molecule has 0 radical (unpaired) electrons. The molecule has 1 saturated heterocycles. The number of carbonyl (C=O) groups is 2. The Hall–Kier alpha value is -2.90. The fraction of sp³-hybridized carbons (Fsp3) is 0.500. The van der Waals surface area contributed by atoms with Gasteiger partial charge in [0.1, 0.15) is 5.69 Å². The Morgan fingerprint density at radius 3 is 2.61 bits per heavy atom. The molecule has 0 unspecified atom stereocenters. The quantitative estimate of drug-likeness (QED) is 0.819. The minimum atomic E-state index is -0.181. The summed E-state index contributed by atoms with van der Waals surface area (Å²) in [5, 5.41) is 2.91. The van der Waals surface area contributed by atoms with E-state index in [4.69, 9.17) is 4.42 Å². The van der Waals surface area contributed by atoms with Gasteiger partial charge in [0.2, 0.25) is 5.95 Å². The van der Waals surface area contributed by atoms with Gasteiger partial charge in [0.05, 0.1) is 6.26 Å². The van der Waals surface area contributed by atoms with Crippen molar-refractivity contribution in [2.24, 2.45) is 5.92 Å². The number of amides is 2. The number of carbonyl (C=O) groups excluding carboxylic acids is 2. The van der Waals surface area contributed by atoms with E-state index in [1.165, 1.54) is 6.26 Å². The van der Waals surface area contributed by atoms with Gasteiger partial charge in [-0.3, -0.25) is 9.59 Å². The van der Waals surface area contributed by atoms with Crippen molar-refractivity contribution in [1.82, 2.24) is 20.2 Å². The Balaban J connectivity index is 1.62. The van der Waals surface area contributed by atoms with E-state index in [-0.39, 0.29) is 11.8 Å². The number of furan rings is 1. The van der Waals surface area contributed by atoms with Gasteiger partial charge in [-0.25, -0.2) is 9.97 Å². The van der Waals surface area contributed by atoms with Crippen LogP contribution in [0.15, 0.2) is 28.9 Å². The monoisotopic (exact) mass is 385 g/mol. The standard InChI is InChI=1S/C20H27N5O3/c1-14(2)6-7-21-18(26)16-13-15(3)22-20(23-16)25-10-8-24(9-11-25)19(27)17-5-4-12-28-17/h4-5,12-14H,6-11H2,1-3H3,(H,21,26). The number of nitrogens with zero attached hydrogens (tertiary/aromatic N) is 4. The van der Waals surface area contributed by atoms with Gasteiger partial charge in [0, 0.05) is 38.4 Å². The molecule has 2 amide bonds. The van der Waals surface area contributed by atoms with Crippen molar-refractivity contribution in [3.63, 3.8) is 0 Å². The van der Waals surface area contributed by atoms with E-state index in [1.54, 1.807) is 23.1 Å². The van der Waals surface area contributed by atoms with Crippen molar-refractivity contribution in [2.45, 2.75) is 27.2 Å². The molecule has 0 aromatic carbocycles. The molecule has 3 heterocycles. The fourth-order valence-corrected chi connectivity index (χ4v) is 3.04. The van der Waals surface area contributed by atoms with Crippen molar-refractivity contribution in [1.29, 1.82) is 0 Å². The smallest absolute Gasteiger partial charge is 0.289 e. The first-order chi connectivity index (χ1) is 13.4. The lowest BCUT2D eigenvalue weighted by molar-refractivity contribution is 0.0714. The second-order valence-electron chi connectivity index (χ2n) is 7.39. The van der Waals surface area contributed by atoms with Gasteiger partial charge in [0.15, 0.2) is 5.76 Å². The highest BCUT2D eigenvalue weighted by atomic mass is 16.3. The Morgan fingerprint density at radius 1 is 1.21 bits per heavy atom. The molecule has 8 heteroatoms. The summed E-state index contributed by atoms with van der Waals surface area (Å²) in [7, 11) is 0. The molecule has 0 atom stereocenters. The van der Waals surface area contributed by atoms with Crippen LogP contribution in [0.5, 0.6) is 0 Å². The average Bonchev–Trinajstić information content (AvgIpc) is 3.21. The summed E-state index contributed by atoms with van der Waals surface area (Å²) in [6.45, 7) is 9.02. The number of rotatable bonds is 6. The van der Waals surface area contributed by atoms with Crippen LogP contribution in [-0.2, 0) is 0 Å². The van der Waals surface area contributed by atoms with E-state index in [0.717, 1.165) is 12.1 Å². The van der Waals surface area contributed by atoms with Crippen molar-refractivity contribution in [3.05, 3.63) is 41.6 Å². The topological polar surface area (TPSA) is 91.6 Å². The molecule has 0 spiro atoms. The number of aromatic nitrogens is 2. The van der Waals surface area contributed by atoms with Gasteiger partial charge >= 0.3 is 0 Å². The number of anilines is 1. The van der Waals surface area contributed by atoms with E-state index in [2.05, 4.69) is 29.1 Å². The van der Waals surface area contributed by atoms with Gasteiger partial charge in [-0.2, -0.15) is 0 Å². The molecule has 0 aliphatic carbocycles. The van der Waals surface area contributed by atoms with Gasteiger partial charge in [-0.15, -0.1) is 0 Å². The molecular weight excluding hydrogens is 358 g/mol. The zero-order valence-corrected chi connectivity index (χ0v) is 16.6. The first kappa shape index (κ1) is 19.9. The minimum Gasteiger partial charge on any atom is -0.459 e. The number of hydrogen-bond acceptors (Lipinski definition) is 6. The van der Waals surface area contributed by atoms with Crippen LogP contribution in [0.1, 0.15) is 47.0 Å². The highest BCUT2D eigenvalue weighted by Crippen LogP contribution is 2.15. The third-order valence-electron chi connectivity index (χ3n) is 4.66. The van der Waals surface area contributed by atoms with Crippen LogP contribution in [0.3, 0.4) is 0 Å². The Morgan fingerprint density at radius 2 is 1.96 bits per heavy atom. The molecule has 0 saturated carbocycles. The molecule has 1 aliphatic heterocycles. The van der Waals surface area contributed by atoms with Gasteiger partial charge in [0.25, 0.3) is 11.8 Å². The van der Waals surface area contributed by atoms with Crippen LogP contribution in [0.25, 0.3) is 0 Å². The maximum atomic E-state index is 12.4. The third kappa shape index (κ3) is 4.88. The molecule has 28 heavy (non-hydrogen) atoms. The summed E-state index contributed by atoms with van der Waals surface area (Å²) >= 11 is 0. The largest absolute Gasteiger partial charge is 0.459 e. The molecule has 150 valence electrons. The molecule has 1 aliphatic rings. The van der Waals surface area contributed by atoms with Crippen LogP contribution < -0.4 is 10.2 Å². The van der Waals surface area contributed by atoms with E-state index in [1.807, 2.05) is 11.8 Å². The number of aryl methyl sites for hydroxylation is 1. The molecule has 0 bridgehead atoms. The fourth-order valence-electron chi connectivity index (χ4n) is 3.04. The van der Waals surface area contributed by atoms with Crippen LogP contribution in [0.2, 0.25) is 0 Å². The zero-order valence-electron chi connectivity index (χ0n) is 16.6. The molecule has 2 aromatic heterocycles. The summed E-state index contributed by atoms with van der Waals surface area (Å²) < 4.78 is 5.19. The lowest BCUT2D eigenvalue weighted by Gasteiger charge is -2.34. The highest BCUT2D eigenvalue weighted by Gasteiger charge is 2.25. The van der Waals surface area contributed by atoms with E-state index < -0.39 is 0 Å². The molecule has 1 fully saturated rings. The maximum absolute atomic E-state index is 12.4. The summed E-state index contributed by atoms with van der Waals surface area (Å²) in [4.78, 5) is 37.5. The first-order valence-corrected chi connectivity index (χ1v) is 9.65. The van der Waals surface area contributed by atoms with Crippen molar-refractivity contribution >= 4 is 17.8 Å². The van der Waals surface area contributed by atoms with E-state index >= 15 is 0 Å². The van der Waals surface area contributed by atoms with Gasteiger partial charge in [-0.1, -0.05) is 13.8 Å². The summed E-state index contributed by atoms with van der Waals surface area (Å²) in [6.07, 6.45) is 2.42. The average molecular weight is 385 g/mol. The van der Waals surface area contributed by atoms with Crippen LogP contribution >= 0.6 is 0 Å². The maximum Gasteiger partial charge on any atom is 0.289 e. The Bertz CT molecular complexity index is 811. The number of nitrogens with one attached hydrogen (secondary N) is 1. The number of piperazine rings is 1. The Kier molecular flexibility index (Phi) is 6.28. The molecular formula is C20H27N5O3. The van der Waals surface area contributed by atoms with Gasteiger partial charge < -0.3 is 19.5 Å². The second kappa shape index (κ2) is 8.86. The molecule has 1 N–H and O–H groups in total. The molecule has 2 aromatic rings. The normalized spacial score (nSPS) is 14.4. The van der Waals surface area contributed by atoms with E-state index in [9.17, 15) is 9.59 Å². The number of hydrogen-bond donors (Lipinski definition) is 1. The second-order valence-corrected chi connectivity index (χ2v) is 7.39. The zero-order chi connectivity index (χ0) is 20.1. The van der Waals surface area contributed by atoms with E-state index in [0.29, 0.717) is 56.0 Å². The SMILES string of the molecule is Cc1cc(C(=O)NCCC(C)C)nc(N2CCN(C(=O)c3ccco3)CC2)n1. The van der Waals surface area contributed by atoms with Crippen LogP contribution in [-0.4, -0.2) is 59.4 Å². The van der Waals surface area contributed by atoms with Gasteiger partial charge in [-0.05, 0) is 37.5 Å². The first-order valence-electron chi connectivity index (χ1n) is 9.65. The molecule has 8 nitrogen and oxygen atoms in total. The van der Waals surface area contributed by atoms with Crippen molar-refractivity contribution < 1.29 is 14.0 Å². The summed E-state index contributed by atoms with van der Waals surface area (Å²) in [5.74, 6) is 1.11. The minimum absolute atomic E-state index is 0.111. The van der Waals surface area contributed by atoms with Crippen LogP contribution in [0.4, 0.5) is 5.95 Å². The predicted octanol–water partition coefficient (Wildman–Crippen LogP) is 2.12. The lowest BCUT2D eigenvalue weighted by atomic mass is 10.1. The third-order valence-corrected chi connectivity index (χ3v) is 4.66. The predicted molar refractivity (Wildman–Crippen MR) is 105 cm³/mol.